The molecule has 36 heavy (non-hydrogen) atoms. The molecule has 0 saturated heterocycles. The molecule has 0 spiro atoms. The van der Waals surface area contributed by atoms with Crippen LogP contribution in [0.1, 0.15) is 43.7 Å². The second-order valence-corrected chi connectivity index (χ2v) is 9.25. The van der Waals surface area contributed by atoms with Crippen molar-refractivity contribution in [3.05, 3.63) is 71.7 Å². The van der Waals surface area contributed by atoms with Crippen molar-refractivity contribution in [2.24, 2.45) is 0 Å². The Bertz CT molecular complexity index is 1340. The summed E-state index contributed by atoms with van der Waals surface area (Å²) in [6.07, 6.45) is 1.96. The van der Waals surface area contributed by atoms with Gasteiger partial charge in [0.2, 0.25) is 11.7 Å². The van der Waals surface area contributed by atoms with Gasteiger partial charge >= 0.3 is 12.2 Å². The summed E-state index contributed by atoms with van der Waals surface area (Å²) in [5.41, 5.74) is 1.99. The van der Waals surface area contributed by atoms with Crippen LogP contribution in [0.4, 0.5) is 4.79 Å². The van der Waals surface area contributed by atoms with E-state index in [0.29, 0.717) is 30.2 Å². The first-order valence-corrected chi connectivity index (χ1v) is 11.6. The second-order valence-electron chi connectivity index (χ2n) is 9.25. The molecular formula is C26H26N4O6. The lowest BCUT2D eigenvalue weighted by atomic mass is 9.78. The highest BCUT2D eigenvalue weighted by atomic mass is 16.6. The van der Waals surface area contributed by atoms with Crippen LogP contribution in [0, 0.1) is 6.92 Å². The average Bonchev–Trinajstić information content (AvgIpc) is 3.47. The second kappa shape index (κ2) is 9.37. The molecule has 2 N–H and O–H groups in total. The van der Waals surface area contributed by atoms with Crippen LogP contribution in [0.25, 0.3) is 11.7 Å². The standard InChI is InChI=1S/C26H26N4O6/c1-15-29-30-23(33-15)22-14-27-25(36-22)35-20-10-6-17(7-11-20)26(2,3)16-4-8-19(9-5-16)34-21-12-18(13-21)28-24(31)32/h4-11,14,18,21,28H,12-13H2,1-3H3,(H,31,32)/t18-,21-. The van der Waals surface area contributed by atoms with Crippen LogP contribution in [-0.4, -0.2) is 38.5 Å². The Morgan fingerprint density at radius 1 is 1.00 bits per heavy atom. The molecule has 2 aromatic carbocycles. The minimum Gasteiger partial charge on any atom is -0.490 e. The maximum absolute atomic E-state index is 10.7. The molecular weight excluding hydrogens is 464 g/mol. The molecule has 1 saturated carbocycles. The van der Waals surface area contributed by atoms with Crippen molar-refractivity contribution in [1.29, 1.82) is 0 Å². The third-order valence-corrected chi connectivity index (χ3v) is 6.30. The fourth-order valence-corrected chi connectivity index (χ4v) is 4.10. The van der Waals surface area contributed by atoms with E-state index >= 15 is 0 Å². The summed E-state index contributed by atoms with van der Waals surface area (Å²) < 4.78 is 22.6. The third-order valence-electron chi connectivity index (χ3n) is 6.30. The molecule has 10 nitrogen and oxygen atoms in total. The summed E-state index contributed by atoms with van der Waals surface area (Å²) in [5.74, 6) is 2.38. The van der Waals surface area contributed by atoms with Crippen molar-refractivity contribution < 1.29 is 28.2 Å². The molecule has 2 heterocycles. The first kappa shape index (κ1) is 23.4. The van der Waals surface area contributed by atoms with Gasteiger partial charge in [-0.1, -0.05) is 38.1 Å². The Hall–Kier alpha value is -4.34. The summed E-state index contributed by atoms with van der Waals surface area (Å²) in [4.78, 5) is 14.8. The lowest BCUT2D eigenvalue weighted by Crippen LogP contribution is -2.48. The molecule has 0 unspecified atom stereocenters. The Kier molecular flexibility index (Phi) is 6.09. The lowest BCUT2D eigenvalue weighted by molar-refractivity contribution is 0.0833. The third kappa shape index (κ3) is 5.02. The van der Waals surface area contributed by atoms with Crippen LogP contribution >= 0.6 is 0 Å². The molecule has 186 valence electrons. The molecule has 0 aliphatic heterocycles. The van der Waals surface area contributed by atoms with E-state index in [9.17, 15) is 4.79 Å². The van der Waals surface area contributed by atoms with Crippen molar-refractivity contribution in [3.63, 3.8) is 0 Å². The molecule has 0 bridgehead atoms. The summed E-state index contributed by atoms with van der Waals surface area (Å²) in [5, 5.41) is 18.9. The Morgan fingerprint density at radius 3 is 2.22 bits per heavy atom. The predicted molar refractivity (Wildman–Crippen MR) is 128 cm³/mol. The van der Waals surface area contributed by atoms with E-state index in [4.69, 9.17) is 23.4 Å². The van der Waals surface area contributed by atoms with Gasteiger partial charge in [-0.2, -0.15) is 4.98 Å². The normalized spacial score (nSPS) is 17.3. The number of aromatic nitrogens is 3. The first-order valence-electron chi connectivity index (χ1n) is 11.6. The summed E-state index contributed by atoms with van der Waals surface area (Å²) >= 11 is 0. The van der Waals surface area contributed by atoms with Crippen LogP contribution < -0.4 is 14.8 Å². The lowest BCUT2D eigenvalue weighted by Gasteiger charge is -2.35. The fraction of sp³-hybridized carbons (Fsp3) is 0.308. The first-order chi connectivity index (χ1) is 17.3. The molecule has 1 fully saturated rings. The Morgan fingerprint density at radius 2 is 1.64 bits per heavy atom. The van der Waals surface area contributed by atoms with E-state index in [1.54, 1.807) is 6.92 Å². The Labute approximate surface area is 207 Å². The highest BCUT2D eigenvalue weighted by molar-refractivity contribution is 5.65. The van der Waals surface area contributed by atoms with Gasteiger partial charge in [0.05, 0.1) is 6.20 Å². The highest BCUT2D eigenvalue weighted by Crippen LogP contribution is 2.35. The van der Waals surface area contributed by atoms with Crippen LogP contribution in [0.3, 0.4) is 0 Å². The zero-order valence-electron chi connectivity index (χ0n) is 20.1. The van der Waals surface area contributed by atoms with E-state index < -0.39 is 6.09 Å². The minimum absolute atomic E-state index is 0.0298. The molecule has 1 amide bonds. The molecule has 1 aliphatic carbocycles. The number of amides is 1. The van der Waals surface area contributed by atoms with E-state index in [1.807, 2.05) is 36.4 Å². The van der Waals surface area contributed by atoms with Gasteiger partial charge in [0.1, 0.15) is 17.6 Å². The number of hydrogen-bond acceptors (Lipinski definition) is 8. The molecule has 0 atom stereocenters. The van der Waals surface area contributed by atoms with Crippen LogP contribution in [-0.2, 0) is 5.41 Å². The van der Waals surface area contributed by atoms with Gasteiger partial charge in [0.25, 0.3) is 5.89 Å². The van der Waals surface area contributed by atoms with Gasteiger partial charge in [0.15, 0.2) is 0 Å². The van der Waals surface area contributed by atoms with E-state index in [2.05, 4.69) is 46.5 Å². The number of ether oxygens (including phenoxy) is 2. The summed E-state index contributed by atoms with van der Waals surface area (Å²) in [6, 6.07) is 15.7. The fourth-order valence-electron chi connectivity index (χ4n) is 4.10. The SMILES string of the molecule is Cc1nnc(-c2cnc(Oc3ccc(C(C)(C)c4ccc(O[C@H]5C[C@H](NC(=O)O)C5)cc4)cc3)o2)o1. The average molecular weight is 491 g/mol. The maximum Gasteiger partial charge on any atom is 0.404 e. The molecule has 5 rings (SSSR count). The number of nitrogens with zero attached hydrogens (tertiary/aromatic N) is 3. The molecule has 1 aliphatic rings. The van der Waals surface area contributed by atoms with Crippen LogP contribution in [0.15, 0.2) is 63.6 Å². The van der Waals surface area contributed by atoms with Crippen molar-refractivity contribution in [2.45, 2.75) is 51.2 Å². The van der Waals surface area contributed by atoms with Gasteiger partial charge in [-0.05, 0) is 35.4 Å². The molecule has 10 heteroatoms. The van der Waals surface area contributed by atoms with Gasteiger partial charge in [-0.15, -0.1) is 10.2 Å². The van der Waals surface area contributed by atoms with Gasteiger partial charge in [-0.3, -0.25) is 0 Å². The monoisotopic (exact) mass is 490 g/mol. The Balaban J connectivity index is 1.20. The van der Waals surface area contributed by atoms with E-state index in [0.717, 1.165) is 16.9 Å². The van der Waals surface area contributed by atoms with Gasteiger partial charge < -0.3 is 28.7 Å². The number of hydrogen-bond donors (Lipinski definition) is 2. The smallest absolute Gasteiger partial charge is 0.404 e. The zero-order chi connectivity index (χ0) is 25.3. The number of aryl methyl sites for hydroxylation is 1. The molecule has 0 radical (unpaired) electrons. The number of carboxylic acid groups (broad SMARTS) is 1. The van der Waals surface area contributed by atoms with Crippen molar-refractivity contribution in [3.8, 4) is 29.2 Å². The van der Waals surface area contributed by atoms with Crippen molar-refractivity contribution >= 4 is 6.09 Å². The molecule has 2 aromatic heterocycles. The van der Waals surface area contributed by atoms with E-state index in [-0.39, 0.29) is 29.5 Å². The number of rotatable bonds is 8. The maximum atomic E-state index is 10.7. The van der Waals surface area contributed by atoms with Crippen molar-refractivity contribution in [1.82, 2.24) is 20.5 Å². The number of oxazole rings is 1. The largest absolute Gasteiger partial charge is 0.490 e. The van der Waals surface area contributed by atoms with E-state index in [1.165, 1.54) is 6.20 Å². The van der Waals surface area contributed by atoms with Gasteiger partial charge in [-0.25, -0.2) is 4.79 Å². The topological polar surface area (TPSA) is 133 Å². The summed E-state index contributed by atoms with van der Waals surface area (Å²) in [6.45, 7) is 6.00. The van der Waals surface area contributed by atoms with Crippen LogP contribution in [0.2, 0.25) is 0 Å². The highest BCUT2D eigenvalue weighted by Gasteiger charge is 2.32. The minimum atomic E-state index is -0.994. The number of benzene rings is 2. The number of nitrogens with one attached hydrogen (secondary N) is 1. The van der Waals surface area contributed by atoms with Gasteiger partial charge in [0, 0.05) is 31.2 Å². The number of carbonyl (C=O) groups is 1. The quantitative estimate of drug-likeness (QED) is 0.336. The molecule has 4 aromatic rings. The predicted octanol–water partition coefficient (Wildman–Crippen LogP) is 5.33. The summed E-state index contributed by atoms with van der Waals surface area (Å²) in [7, 11) is 0. The zero-order valence-corrected chi connectivity index (χ0v) is 20.1. The van der Waals surface area contributed by atoms with Crippen LogP contribution in [0.5, 0.6) is 17.6 Å². The van der Waals surface area contributed by atoms with Crippen molar-refractivity contribution in [2.75, 3.05) is 0 Å².